The van der Waals surface area contributed by atoms with Crippen molar-refractivity contribution in [3.63, 3.8) is 0 Å². The van der Waals surface area contributed by atoms with Crippen molar-refractivity contribution in [2.75, 3.05) is 18.0 Å². The highest BCUT2D eigenvalue weighted by atomic mass is 79.9. The number of hydrogen-bond donors (Lipinski definition) is 1. The summed E-state index contributed by atoms with van der Waals surface area (Å²) in [6.45, 7) is 12.4. The van der Waals surface area contributed by atoms with E-state index in [1.54, 1.807) is 0 Å². The van der Waals surface area contributed by atoms with Gasteiger partial charge >= 0.3 is 0 Å². The predicted octanol–water partition coefficient (Wildman–Crippen LogP) is 4.43. The third-order valence-electron chi connectivity index (χ3n) is 4.40. The Balaban J connectivity index is 2.06. The maximum atomic E-state index is 3.76. The summed E-state index contributed by atoms with van der Waals surface area (Å²) in [4.78, 5) is 2.52. The first kappa shape index (κ1) is 15.8. The SMILES string of the molecule is CC(C)NCc1ccc(N2CCC(C)C(C)C2)c(Br)c1. The molecule has 0 amide bonds. The van der Waals surface area contributed by atoms with Crippen molar-refractivity contribution in [1.29, 1.82) is 0 Å². The molecule has 0 saturated carbocycles. The van der Waals surface area contributed by atoms with Gasteiger partial charge in [0.2, 0.25) is 0 Å². The highest BCUT2D eigenvalue weighted by Gasteiger charge is 2.23. The van der Waals surface area contributed by atoms with Crippen molar-refractivity contribution >= 4 is 21.6 Å². The molecular weight excluding hydrogens is 312 g/mol. The zero-order valence-corrected chi connectivity index (χ0v) is 14.7. The first-order valence-electron chi connectivity index (χ1n) is 7.74. The van der Waals surface area contributed by atoms with Gasteiger partial charge in [0.05, 0.1) is 5.69 Å². The Hall–Kier alpha value is -0.540. The molecule has 2 atom stereocenters. The Kier molecular flexibility index (Phi) is 5.50. The van der Waals surface area contributed by atoms with E-state index in [1.165, 1.54) is 35.2 Å². The lowest BCUT2D eigenvalue weighted by Crippen LogP contribution is -2.38. The fourth-order valence-electron chi connectivity index (χ4n) is 2.72. The summed E-state index contributed by atoms with van der Waals surface area (Å²) in [5.74, 6) is 1.62. The Bertz CT molecular complexity index is 445. The molecule has 1 aromatic rings. The smallest absolute Gasteiger partial charge is 0.0510 e. The molecule has 2 nitrogen and oxygen atoms in total. The van der Waals surface area contributed by atoms with Gasteiger partial charge in [-0.2, -0.15) is 0 Å². The maximum absolute atomic E-state index is 3.76. The number of halogens is 1. The van der Waals surface area contributed by atoms with E-state index in [4.69, 9.17) is 0 Å². The van der Waals surface area contributed by atoms with Gasteiger partial charge in [-0.05, 0) is 51.9 Å². The van der Waals surface area contributed by atoms with Crippen LogP contribution in [0.5, 0.6) is 0 Å². The maximum Gasteiger partial charge on any atom is 0.0510 e. The fourth-order valence-corrected chi connectivity index (χ4v) is 3.40. The molecule has 2 rings (SSSR count). The van der Waals surface area contributed by atoms with Crippen molar-refractivity contribution in [1.82, 2.24) is 5.32 Å². The highest BCUT2D eigenvalue weighted by Crippen LogP contribution is 2.32. The van der Waals surface area contributed by atoms with Crippen LogP contribution in [0.1, 0.15) is 39.7 Å². The molecule has 112 valence electrons. The number of rotatable bonds is 4. The van der Waals surface area contributed by atoms with Crippen LogP contribution in [0, 0.1) is 11.8 Å². The average molecular weight is 339 g/mol. The number of nitrogens with one attached hydrogen (secondary N) is 1. The van der Waals surface area contributed by atoms with Gasteiger partial charge < -0.3 is 10.2 Å². The predicted molar refractivity (Wildman–Crippen MR) is 91.3 cm³/mol. The third-order valence-corrected chi connectivity index (χ3v) is 5.04. The van der Waals surface area contributed by atoms with Crippen molar-refractivity contribution < 1.29 is 0 Å². The zero-order chi connectivity index (χ0) is 14.7. The summed E-state index contributed by atoms with van der Waals surface area (Å²) < 4.78 is 1.22. The van der Waals surface area contributed by atoms with E-state index in [2.05, 4.69) is 72.0 Å². The molecule has 1 heterocycles. The summed E-state index contributed by atoms with van der Waals surface area (Å²) in [7, 11) is 0. The van der Waals surface area contributed by atoms with Crippen molar-refractivity contribution in [3.05, 3.63) is 28.2 Å². The van der Waals surface area contributed by atoms with Gasteiger partial charge in [0.1, 0.15) is 0 Å². The molecule has 0 radical (unpaired) electrons. The summed E-state index contributed by atoms with van der Waals surface area (Å²) >= 11 is 3.76. The number of anilines is 1. The Morgan fingerprint density at radius 2 is 2.05 bits per heavy atom. The molecule has 1 fully saturated rings. The lowest BCUT2D eigenvalue weighted by molar-refractivity contribution is 0.324. The molecule has 0 spiro atoms. The van der Waals surface area contributed by atoms with Crippen molar-refractivity contribution in [3.8, 4) is 0 Å². The molecule has 0 aromatic heterocycles. The molecule has 2 unspecified atom stereocenters. The number of piperidine rings is 1. The molecule has 1 aromatic carbocycles. The van der Waals surface area contributed by atoms with Gasteiger partial charge in [-0.15, -0.1) is 0 Å². The van der Waals surface area contributed by atoms with Crippen LogP contribution < -0.4 is 10.2 Å². The van der Waals surface area contributed by atoms with Crippen molar-refractivity contribution in [2.24, 2.45) is 11.8 Å². The monoisotopic (exact) mass is 338 g/mol. The van der Waals surface area contributed by atoms with Crippen LogP contribution in [0.2, 0.25) is 0 Å². The molecule has 3 heteroatoms. The van der Waals surface area contributed by atoms with Crippen LogP contribution in [0.4, 0.5) is 5.69 Å². The number of hydrogen-bond acceptors (Lipinski definition) is 2. The van der Waals surface area contributed by atoms with Gasteiger partial charge in [-0.25, -0.2) is 0 Å². The molecule has 0 bridgehead atoms. The van der Waals surface area contributed by atoms with E-state index >= 15 is 0 Å². The van der Waals surface area contributed by atoms with E-state index in [-0.39, 0.29) is 0 Å². The lowest BCUT2D eigenvalue weighted by atomic mass is 9.88. The van der Waals surface area contributed by atoms with Crippen molar-refractivity contribution in [2.45, 2.75) is 46.7 Å². The van der Waals surface area contributed by atoms with E-state index in [0.717, 1.165) is 18.4 Å². The van der Waals surface area contributed by atoms with Gasteiger partial charge in [0.15, 0.2) is 0 Å². The summed E-state index contributed by atoms with van der Waals surface area (Å²) in [6.07, 6.45) is 1.30. The number of nitrogens with zero attached hydrogens (tertiary/aromatic N) is 1. The first-order chi connectivity index (χ1) is 9.47. The van der Waals surface area contributed by atoms with E-state index in [1.807, 2.05) is 0 Å². The second-order valence-corrected chi connectivity index (χ2v) is 7.36. The van der Waals surface area contributed by atoms with E-state index in [9.17, 15) is 0 Å². The fraction of sp³-hybridized carbons (Fsp3) is 0.647. The van der Waals surface area contributed by atoms with Gasteiger partial charge in [-0.1, -0.05) is 33.8 Å². The molecule has 1 aliphatic rings. The topological polar surface area (TPSA) is 15.3 Å². The number of benzene rings is 1. The first-order valence-corrected chi connectivity index (χ1v) is 8.53. The van der Waals surface area contributed by atoms with Gasteiger partial charge in [0.25, 0.3) is 0 Å². The summed E-state index contributed by atoms with van der Waals surface area (Å²) in [5.41, 5.74) is 2.68. The Labute approximate surface area is 132 Å². The Morgan fingerprint density at radius 1 is 1.30 bits per heavy atom. The molecular formula is C17H27BrN2. The normalized spacial score (nSPS) is 23.4. The summed E-state index contributed by atoms with van der Waals surface area (Å²) in [6, 6.07) is 7.30. The van der Waals surface area contributed by atoms with E-state index < -0.39 is 0 Å². The second kappa shape index (κ2) is 6.95. The van der Waals surface area contributed by atoms with Crippen LogP contribution >= 0.6 is 15.9 Å². The molecule has 1 aliphatic heterocycles. The molecule has 20 heavy (non-hydrogen) atoms. The third kappa shape index (κ3) is 3.98. The minimum Gasteiger partial charge on any atom is -0.370 e. The standard InChI is InChI=1S/C17H27BrN2/c1-12(2)19-10-15-5-6-17(16(18)9-15)20-8-7-13(3)14(4)11-20/h5-6,9,12-14,19H,7-8,10-11H2,1-4H3. The quantitative estimate of drug-likeness (QED) is 0.873. The largest absolute Gasteiger partial charge is 0.370 e. The van der Waals surface area contributed by atoms with Crippen LogP contribution in [-0.4, -0.2) is 19.1 Å². The molecule has 1 N–H and O–H groups in total. The summed E-state index contributed by atoms with van der Waals surface area (Å²) in [5, 5.41) is 3.47. The molecule has 0 aliphatic carbocycles. The van der Waals surface area contributed by atoms with Crippen LogP contribution in [0.25, 0.3) is 0 Å². The lowest BCUT2D eigenvalue weighted by Gasteiger charge is -2.37. The van der Waals surface area contributed by atoms with Crippen LogP contribution in [-0.2, 0) is 6.54 Å². The average Bonchev–Trinajstić information content (AvgIpc) is 2.40. The van der Waals surface area contributed by atoms with Gasteiger partial charge in [0, 0.05) is 30.1 Å². The Morgan fingerprint density at radius 3 is 2.65 bits per heavy atom. The van der Waals surface area contributed by atoms with Crippen LogP contribution in [0.3, 0.4) is 0 Å². The van der Waals surface area contributed by atoms with E-state index in [0.29, 0.717) is 6.04 Å². The highest BCUT2D eigenvalue weighted by molar-refractivity contribution is 9.10. The second-order valence-electron chi connectivity index (χ2n) is 6.51. The molecule has 1 saturated heterocycles. The van der Waals surface area contributed by atoms with Gasteiger partial charge in [-0.3, -0.25) is 0 Å². The zero-order valence-electron chi connectivity index (χ0n) is 13.1. The van der Waals surface area contributed by atoms with Crippen LogP contribution in [0.15, 0.2) is 22.7 Å². The minimum absolute atomic E-state index is 0.526. The minimum atomic E-state index is 0.526.